The highest BCUT2D eigenvalue weighted by molar-refractivity contribution is 5.72. The van der Waals surface area contributed by atoms with Crippen LogP contribution in [0.25, 0.3) is 0 Å². The first-order valence-corrected chi connectivity index (χ1v) is 4.52. The third kappa shape index (κ3) is 2.78. The van der Waals surface area contributed by atoms with Gasteiger partial charge in [0.05, 0.1) is 18.6 Å². The van der Waals surface area contributed by atoms with Gasteiger partial charge >= 0.3 is 5.97 Å². The van der Waals surface area contributed by atoms with Crippen LogP contribution in [-0.4, -0.2) is 12.6 Å². The van der Waals surface area contributed by atoms with Gasteiger partial charge < -0.3 is 4.74 Å². The SMILES string of the molecule is CCOC(=O)Cc1cccc(C#N)c1F. The summed E-state index contributed by atoms with van der Waals surface area (Å²) < 4.78 is 18.1. The smallest absolute Gasteiger partial charge is 0.310 e. The van der Waals surface area contributed by atoms with E-state index in [-0.39, 0.29) is 24.2 Å². The van der Waals surface area contributed by atoms with Crippen molar-refractivity contribution in [3.8, 4) is 6.07 Å². The van der Waals surface area contributed by atoms with Gasteiger partial charge in [-0.2, -0.15) is 5.26 Å². The number of hydrogen-bond acceptors (Lipinski definition) is 3. The molecule has 0 fully saturated rings. The Hall–Kier alpha value is -1.89. The van der Waals surface area contributed by atoms with Gasteiger partial charge in [0.2, 0.25) is 0 Å². The van der Waals surface area contributed by atoms with Crippen LogP contribution in [0.1, 0.15) is 18.1 Å². The molecule has 0 atom stereocenters. The molecule has 0 spiro atoms. The van der Waals surface area contributed by atoms with Crippen LogP contribution in [-0.2, 0) is 16.0 Å². The zero-order chi connectivity index (χ0) is 11.3. The molecule has 1 aromatic carbocycles. The van der Waals surface area contributed by atoms with E-state index < -0.39 is 11.8 Å². The van der Waals surface area contributed by atoms with Crippen molar-refractivity contribution in [2.24, 2.45) is 0 Å². The Morgan fingerprint density at radius 2 is 2.33 bits per heavy atom. The summed E-state index contributed by atoms with van der Waals surface area (Å²) in [5, 5.41) is 8.57. The average Bonchev–Trinajstić information content (AvgIpc) is 2.21. The number of nitrogens with zero attached hydrogens (tertiary/aromatic N) is 1. The second kappa shape index (κ2) is 5.11. The molecule has 3 nitrogen and oxygen atoms in total. The summed E-state index contributed by atoms with van der Waals surface area (Å²) in [7, 11) is 0. The highest BCUT2D eigenvalue weighted by Crippen LogP contribution is 2.12. The van der Waals surface area contributed by atoms with Crippen molar-refractivity contribution < 1.29 is 13.9 Å². The molecule has 1 aromatic rings. The first-order valence-electron chi connectivity index (χ1n) is 4.52. The molecular formula is C11H10FNO2. The van der Waals surface area contributed by atoms with Gasteiger partial charge in [-0.15, -0.1) is 0 Å². The Bertz CT molecular complexity index is 410. The third-order valence-corrected chi connectivity index (χ3v) is 1.84. The van der Waals surface area contributed by atoms with E-state index >= 15 is 0 Å². The van der Waals surface area contributed by atoms with Gasteiger partial charge in [-0.25, -0.2) is 4.39 Å². The number of esters is 1. The van der Waals surface area contributed by atoms with Crippen molar-refractivity contribution in [1.29, 1.82) is 5.26 Å². The van der Waals surface area contributed by atoms with E-state index in [2.05, 4.69) is 4.74 Å². The first kappa shape index (κ1) is 11.2. The number of hydrogen-bond donors (Lipinski definition) is 0. The highest BCUT2D eigenvalue weighted by atomic mass is 19.1. The Morgan fingerprint density at radius 1 is 1.60 bits per heavy atom. The quantitative estimate of drug-likeness (QED) is 0.710. The van der Waals surface area contributed by atoms with Crippen molar-refractivity contribution in [2.75, 3.05) is 6.61 Å². The Balaban J connectivity index is 2.87. The Kier molecular flexibility index (Phi) is 3.81. The molecule has 0 aliphatic rings. The minimum Gasteiger partial charge on any atom is -0.466 e. The second-order valence-electron chi connectivity index (χ2n) is 2.87. The van der Waals surface area contributed by atoms with Crippen molar-refractivity contribution in [3.63, 3.8) is 0 Å². The number of carbonyl (C=O) groups is 1. The summed E-state index contributed by atoms with van der Waals surface area (Å²) in [4.78, 5) is 11.1. The normalized spacial score (nSPS) is 9.40. The predicted molar refractivity (Wildman–Crippen MR) is 51.5 cm³/mol. The molecule has 4 heteroatoms. The molecule has 0 unspecified atom stereocenters. The maximum Gasteiger partial charge on any atom is 0.310 e. The molecular weight excluding hydrogens is 197 g/mol. The van der Waals surface area contributed by atoms with E-state index in [4.69, 9.17) is 5.26 Å². The summed E-state index contributed by atoms with van der Waals surface area (Å²) in [6.07, 6.45) is -0.144. The fourth-order valence-electron chi connectivity index (χ4n) is 1.17. The van der Waals surface area contributed by atoms with Crippen LogP contribution in [0.3, 0.4) is 0 Å². The monoisotopic (exact) mass is 207 g/mol. The molecule has 0 aromatic heterocycles. The van der Waals surface area contributed by atoms with Crippen LogP contribution in [0, 0.1) is 17.1 Å². The highest BCUT2D eigenvalue weighted by Gasteiger charge is 2.11. The van der Waals surface area contributed by atoms with Gasteiger partial charge in [0, 0.05) is 5.56 Å². The van der Waals surface area contributed by atoms with E-state index in [9.17, 15) is 9.18 Å². The summed E-state index contributed by atoms with van der Waals surface area (Å²) >= 11 is 0. The van der Waals surface area contributed by atoms with E-state index in [1.807, 2.05) is 0 Å². The van der Waals surface area contributed by atoms with Crippen LogP contribution in [0.2, 0.25) is 0 Å². The van der Waals surface area contributed by atoms with Gasteiger partial charge in [-0.3, -0.25) is 4.79 Å². The first-order chi connectivity index (χ1) is 7.19. The van der Waals surface area contributed by atoms with Crippen LogP contribution >= 0.6 is 0 Å². The van der Waals surface area contributed by atoms with Gasteiger partial charge in [0.1, 0.15) is 11.9 Å². The fraction of sp³-hybridized carbons (Fsp3) is 0.273. The largest absolute Gasteiger partial charge is 0.466 e. The average molecular weight is 207 g/mol. The standard InChI is InChI=1S/C11H10FNO2/c1-2-15-10(14)6-8-4-3-5-9(7-13)11(8)12/h3-5H,2,6H2,1H3. The Morgan fingerprint density at radius 3 is 2.93 bits per heavy atom. The lowest BCUT2D eigenvalue weighted by Gasteiger charge is -2.03. The van der Waals surface area contributed by atoms with Gasteiger partial charge in [0.15, 0.2) is 0 Å². The summed E-state index contributed by atoms with van der Waals surface area (Å²) in [6.45, 7) is 1.94. The minimum absolute atomic E-state index is 0.0585. The molecule has 1 rings (SSSR count). The molecule has 0 aliphatic carbocycles. The molecule has 0 saturated heterocycles. The Labute approximate surface area is 87.1 Å². The van der Waals surface area contributed by atoms with Gasteiger partial charge in [0.25, 0.3) is 0 Å². The maximum atomic E-state index is 13.4. The number of carbonyl (C=O) groups excluding carboxylic acids is 1. The van der Waals surface area contributed by atoms with Gasteiger partial charge in [-0.1, -0.05) is 12.1 Å². The number of nitriles is 1. The van der Waals surface area contributed by atoms with Crippen molar-refractivity contribution in [2.45, 2.75) is 13.3 Å². The molecule has 0 aliphatic heterocycles. The minimum atomic E-state index is -0.645. The van der Waals surface area contributed by atoms with E-state index in [1.54, 1.807) is 13.0 Å². The molecule has 78 valence electrons. The molecule has 0 amide bonds. The van der Waals surface area contributed by atoms with Crippen LogP contribution in [0.4, 0.5) is 4.39 Å². The predicted octanol–water partition coefficient (Wildman–Crippen LogP) is 1.80. The van der Waals surface area contributed by atoms with E-state index in [0.29, 0.717) is 0 Å². The lowest BCUT2D eigenvalue weighted by molar-refractivity contribution is -0.142. The lowest BCUT2D eigenvalue weighted by atomic mass is 10.1. The summed E-state index contributed by atoms with van der Waals surface area (Å²) in [5.74, 6) is -1.14. The third-order valence-electron chi connectivity index (χ3n) is 1.84. The lowest BCUT2D eigenvalue weighted by Crippen LogP contribution is -2.09. The second-order valence-corrected chi connectivity index (χ2v) is 2.87. The van der Waals surface area contributed by atoms with E-state index in [1.165, 1.54) is 18.2 Å². The molecule has 0 radical (unpaired) electrons. The number of halogens is 1. The van der Waals surface area contributed by atoms with Crippen LogP contribution < -0.4 is 0 Å². The fourth-order valence-corrected chi connectivity index (χ4v) is 1.17. The van der Waals surface area contributed by atoms with Gasteiger partial charge in [-0.05, 0) is 13.0 Å². The topological polar surface area (TPSA) is 50.1 Å². The molecule has 0 N–H and O–H groups in total. The molecule has 0 bridgehead atoms. The molecule has 15 heavy (non-hydrogen) atoms. The summed E-state index contributed by atoms with van der Waals surface area (Å²) in [5.41, 5.74) is 0.129. The number of ether oxygens (including phenoxy) is 1. The molecule has 0 saturated carbocycles. The van der Waals surface area contributed by atoms with Crippen molar-refractivity contribution in [1.82, 2.24) is 0 Å². The number of rotatable bonds is 3. The van der Waals surface area contributed by atoms with Crippen molar-refractivity contribution >= 4 is 5.97 Å². The van der Waals surface area contributed by atoms with Crippen LogP contribution in [0.15, 0.2) is 18.2 Å². The molecule has 0 heterocycles. The van der Waals surface area contributed by atoms with E-state index in [0.717, 1.165) is 0 Å². The van der Waals surface area contributed by atoms with Crippen LogP contribution in [0.5, 0.6) is 0 Å². The van der Waals surface area contributed by atoms with Crippen molar-refractivity contribution in [3.05, 3.63) is 35.1 Å². The number of benzene rings is 1. The zero-order valence-electron chi connectivity index (χ0n) is 8.29. The summed E-state index contributed by atoms with van der Waals surface area (Å²) in [6, 6.07) is 6.08. The zero-order valence-corrected chi connectivity index (χ0v) is 8.29. The maximum absolute atomic E-state index is 13.4.